The Bertz CT molecular complexity index is 1000. The van der Waals surface area contributed by atoms with Gasteiger partial charge in [-0.05, 0) is 35.4 Å². The van der Waals surface area contributed by atoms with Gasteiger partial charge in [-0.3, -0.25) is 4.79 Å². The van der Waals surface area contributed by atoms with Gasteiger partial charge in [0.25, 0.3) is 5.91 Å². The molecule has 1 aliphatic heterocycles. The molecule has 4 rings (SSSR count). The van der Waals surface area contributed by atoms with Crippen molar-refractivity contribution in [3.8, 4) is 11.4 Å². The van der Waals surface area contributed by atoms with Gasteiger partial charge >= 0.3 is 5.97 Å². The Balaban J connectivity index is 1.61. The number of likely N-dealkylation sites (tertiary alicyclic amines) is 1. The normalized spacial score (nSPS) is 14.2. The number of amides is 1. The molecule has 1 amide bonds. The van der Waals surface area contributed by atoms with Crippen LogP contribution in [0.1, 0.15) is 18.6 Å². The number of tetrazole rings is 1. The van der Waals surface area contributed by atoms with Crippen LogP contribution in [-0.4, -0.2) is 56.7 Å². The third kappa shape index (κ3) is 4.23. The van der Waals surface area contributed by atoms with Crippen molar-refractivity contribution in [2.45, 2.75) is 12.8 Å². The van der Waals surface area contributed by atoms with Crippen LogP contribution in [0, 0.1) is 0 Å². The highest BCUT2D eigenvalue weighted by atomic mass is 16.5. The Morgan fingerprint density at radius 2 is 1.90 bits per heavy atom. The van der Waals surface area contributed by atoms with E-state index in [-0.39, 0.29) is 18.2 Å². The second-order valence-corrected chi connectivity index (χ2v) is 6.49. The molecular weight excluding hydrogens is 374 g/mol. The van der Waals surface area contributed by atoms with Gasteiger partial charge in [-0.25, -0.2) is 4.79 Å². The van der Waals surface area contributed by atoms with Crippen LogP contribution in [0.15, 0.2) is 53.1 Å². The van der Waals surface area contributed by atoms with Crippen LogP contribution in [0.3, 0.4) is 0 Å². The Morgan fingerprint density at radius 1 is 1.10 bits per heavy atom. The standard InChI is InChI=1S/C20H19N5O4/c26-18(24-10-4-5-11-24)14-29-20(27)17(13-16-9-6-12-28-16)25-19(21-22-23-25)15-7-2-1-3-8-15/h1-3,6-9,12-13H,4-5,10-11,14H2/b17-13-. The number of benzene rings is 1. The highest BCUT2D eigenvalue weighted by Gasteiger charge is 2.24. The van der Waals surface area contributed by atoms with Crippen molar-refractivity contribution < 1.29 is 18.7 Å². The van der Waals surface area contributed by atoms with Gasteiger partial charge in [-0.2, -0.15) is 4.68 Å². The number of hydrogen-bond acceptors (Lipinski definition) is 7. The molecule has 0 unspecified atom stereocenters. The van der Waals surface area contributed by atoms with Gasteiger partial charge in [0.1, 0.15) is 5.76 Å². The summed E-state index contributed by atoms with van der Waals surface area (Å²) in [5.74, 6) is -0.143. The summed E-state index contributed by atoms with van der Waals surface area (Å²) in [4.78, 5) is 26.8. The van der Waals surface area contributed by atoms with Gasteiger partial charge in [0.05, 0.1) is 6.26 Å². The molecule has 3 aromatic rings. The number of carbonyl (C=O) groups is 2. The van der Waals surface area contributed by atoms with Crippen molar-refractivity contribution in [1.82, 2.24) is 25.1 Å². The van der Waals surface area contributed by atoms with Crippen LogP contribution >= 0.6 is 0 Å². The van der Waals surface area contributed by atoms with Crippen LogP contribution in [0.5, 0.6) is 0 Å². The number of ether oxygens (including phenoxy) is 1. The van der Waals surface area contributed by atoms with E-state index in [0.717, 1.165) is 18.4 Å². The molecule has 3 heterocycles. The maximum absolute atomic E-state index is 12.9. The number of esters is 1. The first-order chi connectivity index (χ1) is 14.2. The fourth-order valence-electron chi connectivity index (χ4n) is 3.09. The summed E-state index contributed by atoms with van der Waals surface area (Å²) in [6.45, 7) is 1.05. The van der Waals surface area contributed by atoms with Crippen LogP contribution < -0.4 is 0 Å². The highest BCUT2D eigenvalue weighted by molar-refractivity contribution is 6.15. The molecule has 0 aliphatic carbocycles. The average molecular weight is 393 g/mol. The predicted octanol–water partition coefficient (Wildman–Crippen LogP) is 2.10. The van der Waals surface area contributed by atoms with Crippen molar-refractivity contribution in [1.29, 1.82) is 0 Å². The first kappa shape index (κ1) is 18.6. The minimum Gasteiger partial charge on any atom is -0.465 e. The number of nitrogens with zero attached hydrogens (tertiary/aromatic N) is 5. The first-order valence-corrected chi connectivity index (χ1v) is 9.26. The second-order valence-electron chi connectivity index (χ2n) is 6.49. The van der Waals surface area contributed by atoms with E-state index in [1.54, 1.807) is 17.0 Å². The van der Waals surface area contributed by atoms with Gasteiger partial charge < -0.3 is 14.1 Å². The lowest BCUT2D eigenvalue weighted by Crippen LogP contribution is -2.32. The molecule has 1 aliphatic rings. The molecule has 1 aromatic carbocycles. The number of hydrogen-bond donors (Lipinski definition) is 0. The summed E-state index contributed by atoms with van der Waals surface area (Å²) in [6.07, 6.45) is 4.90. The van der Waals surface area contributed by atoms with Crippen LogP contribution in [-0.2, 0) is 14.3 Å². The Kier molecular flexibility index (Phi) is 5.46. The molecule has 1 fully saturated rings. The lowest BCUT2D eigenvalue weighted by molar-refractivity contribution is -0.147. The number of aromatic nitrogens is 4. The summed E-state index contributed by atoms with van der Waals surface area (Å²) in [7, 11) is 0. The minimum absolute atomic E-state index is 0.0398. The summed E-state index contributed by atoms with van der Waals surface area (Å²) in [6, 6.07) is 12.6. The van der Waals surface area contributed by atoms with Crippen molar-refractivity contribution in [2.24, 2.45) is 0 Å². The lowest BCUT2D eigenvalue weighted by atomic mass is 10.2. The number of carbonyl (C=O) groups excluding carboxylic acids is 2. The summed E-state index contributed by atoms with van der Waals surface area (Å²) in [5, 5.41) is 11.7. The molecule has 148 valence electrons. The maximum Gasteiger partial charge on any atom is 0.357 e. The van der Waals surface area contributed by atoms with E-state index < -0.39 is 5.97 Å². The van der Waals surface area contributed by atoms with E-state index in [4.69, 9.17) is 9.15 Å². The molecule has 0 bridgehead atoms. The maximum atomic E-state index is 12.9. The molecule has 0 spiro atoms. The van der Waals surface area contributed by atoms with Crippen molar-refractivity contribution >= 4 is 23.6 Å². The molecule has 0 radical (unpaired) electrons. The van der Waals surface area contributed by atoms with Gasteiger partial charge in [-0.1, -0.05) is 30.3 Å². The molecule has 0 saturated carbocycles. The van der Waals surface area contributed by atoms with Gasteiger partial charge in [0.15, 0.2) is 18.1 Å². The van der Waals surface area contributed by atoms with Gasteiger partial charge in [-0.15, -0.1) is 5.10 Å². The number of furan rings is 1. The molecule has 9 nitrogen and oxygen atoms in total. The van der Waals surface area contributed by atoms with E-state index >= 15 is 0 Å². The molecule has 0 atom stereocenters. The van der Waals surface area contributed by atoms with Crippen molar-refractivity contribution in [3.05, 3.63) is 54.5 Å². The molecular formula is C20H19N5O4. The SMILES string of the molecule is O=C(OCC(=O)N1CCCC1)/C(=C/c1ccco1)n1nnnc1-c1ccccc1. The summed E-state index contributed by atoms with van der Waals surface area (Å²) in [5.41, 5.74) is 0.766. The van der Waals surface area contributed by atoms with Crippen LogP contribution in [0.4, 0.5) is 0 Å². The summed E-state index contributed by atoms with van der Waals surface area (Å²) >= 11 is 0. The first-order valence-electron chi connectivity index (χ1n) is 9.26. The molecule has 1 saturated heterocycles. The van der Waals surface area contributed by atoms with E-state index in [1.165, 1.54) is 17.0 Å². The highest BCUT2D eigenvalue weighted by Crippen LogP contribution is 2.21. The van der Waals surface area contributed by atoms with E-state index in [1.807, 2.05) is 30.3 Å². The van der Waals surface area contributed by atoms with E-state index in [2.05, 4.69) is 15.5 Å². The molecule has 0 N–H and O–H groups in total. The fraction of sp³-hybridized carbons (Fsp3) is 0.250. The number of rotatable bonds is 6. The van der Waals surface area contributed by atoms with Crippen molar-refractivity contribution in [3.63, 3.8) is 0 Å². The Morgan fingerprint density at radius 3 is 2.62 bits per heavy atom. The average Bonchev–Trinajstić information content (AvgIpc) is 3.52. The topological polar surface area (TPSA) is 103 Å². The third-order valence-corrected chi connectivity index (χ3v) is 4.55. The predicted molar refractivity (Wildman–Crippen MR) is 103 cm³/mol. The van der Waals surface area contributed by atoms with E-state index in [9.17, 15) is 9.59 Å². The smallest absolute Gasteiger partial charge is 0.357 e. The fourth-order valence-corrected chi connectivity index (χ4v) is 3.09. The van der Waals surface area contributed by atoms with Crippen LogP contribution in [0.2, 0.25) is 0 Å². The van der Waals surface area contributed by atoms with Crippen molar-refractivity contribution in [2.75, 3.05) is 19.7 Å². The zero-order valence-electron chi connectivity index (χ0n) is 15.6. The van der Waals surface area contributed by atoms with E-state index in [0.29, 0.717) is 24.7 Å². The van der Waals surface area contributed by atoms with Gasteiger partial charge in [0.2, 0.25) is 0 Å². The monoisotopic (exact) mass is 393 g/mol. The second kappa shape index (κ2) is 8.51. The zero-order chi connectivity index (χ0) is 20.1. The van der Waals surface area contributed by atoms with Crippen LogP contribution in [0.25, 0.3) is 23.2 Å². The minimum atomic E-state index is -0.724. The van der Waals surface area contributed by atoms with Gasteiger partial charge in [0, 0.05) is 24.7 Å². The zero-order valence-corrected chi connectivity index (χ0v) is 15.6. The Hall–Kier alpha value is -3.75. The quantitative estimate of drug-likeness (QED) is 0.467. The third-order valence-electron chi connectivity index (χ3n) is 4.55. The molecule has 9 heteroatoms. The largest absolute Gasteiger partial charge is 0.465 e. The lowest BCUT2D eigenvalue weighted by Gasteiger charge is -2.15. The molecule has 2 aromatic heterocycles. The molecule has 29 heavy (non-hydrogen) atoms. The summed E-state index contributed by atoms with van der Waals surface area (Å²) < 4.78 is 11.9. The Labute approximate surface area is 166 Å².